The Morgan fingerprint density at radius 3 is 2.52 bits per heavy atom. The fourth-order valence-corrected chi connectivity index (χ4v) is 3.56. The van der Waals surface area contributed by atoms with E-state index in [-0.39, 0.29) is 0 Å². The summed E-state index contributed by atoms with van der Waals surface area (Å²) >= 11 is 6.37. The van der Waals surface area contributed by atoms with Crippen molar-refractivity contribution in [1.29, 1.82) is 0 Å². The highest BCUT2D eigenvalue weighted by Gasteiger charge is 2.34. The molecule has 2 atom stereocenters. The van der Waals surface area contributed by atoms with Crippen molar-refractivity contribution in [2.45, 2.75) is 39.2 Å². The van der Waals surface area contributed by atoms with Gasteiger partial charge in [0.2, 0.25) is 0 Å². The number of halogens is 1. The van der Waals surface area contributed by atoms with Gasteiger partial charge in [-0.25, -0.2) is 0 Å². The van der Waals surface area contributed by atoms with Gasteiger partial charge in [0.25, 0.3) is 0 Å². The predicted octanol–water partition coefficient (Wildman–Crippen LogP) is 5.58. The van der Waals surface area contributed by atoms with Crippen LogP contribution in [0.4, 0.5) is 0 Å². The number of nitrogens with one attached hydrogen (secondary N) is 1. The Morgan fingerprint density at radius 1 is 1.14 bits per heavy atom. The van der Waals surface area contributed by atoms with Crippen LogP contribution in [0.3, 0.4) is 0 Å². The summed E-state index contributed by atoms with van der Waals surface area (Å²) in [5.74, 6) is 1.56. The molecule has 0 radical (unpaired) electrons. The van der Waals surface area contributed by atoms with Gasteiger partial charge >= 0.3 is 0 Å². The van der Waals surface area contributed by atoms with Gasteiger partial charge in [-0.05, 0) is 54.7 Å². The van der Waals surface area contributed by atoms with Gasteiger partial charge in [0, 0.05) is 16.5 Å². The molecule has 1 aliphatic carbocycles. The lowest BCUT2D eigenvalue weighted by atomic mass is 9.87. The molecule has 2 heteroatoms. The molecule has 1 nitrogen and oxygen atoms in total. The summed E-state index contributed by atoms with van der Waals surface area (Å²) in [6.07, 6.45) is 3.94. The summed E-state index contributed by atoms with van der Waals surface area (Å²) in [6, 6.07) is 13.2. The van der Waals surface area contributed by atoms with Crippen LogP contribution < -0.4 is 5.32 Å². The van der Waals surface area contributed by atoms with Gasteiger partial charge in [0.15, 0.2) is 0 Å². The molecule has 3 rings (SSSR count). The minimum Gasteiger partial charge on any atom is -0.310 e. The fourth-order valence-electron chi connectivity index (χ4n) is 3.33. The number of fused-ring (bicyclic) bond motifs is 1. The highest BCUT2D eigenvalue weighted by molar-refractivity contribution is 6.35. The summed E-state index contributed by atoms with van der Waals surface area (Å²) in [7, 11) is 0. The monoisotopic (exact) mass is 301 g/mol. The van der Waals surface area contributed by atoms with Gasteiger partial charge in [-0.1, -0.05) is 55.8 Å². The van der Waals surface area contributed by atoms with E-state index in [9.17, 15) is 0 Å². The molecule has 1 aliphatic rings. The van der Waals surface area contributed by atoms with Crippen LogP contribution in [0.25, 0.3) is 10.8 Å². The van der Waals surface area contributed by atoms with Gasteiger partial charge in [0.1, 0.15) is 0 Å². The van der Waals surface area contributed by atoms with Gasteiger partial charge in [-0.3, -0.25) is 0 Å². The van der Waals surface area contributed by atoms with Crippen molar-refractivity contribution in [3.8, 4) is 0 Å². The van der Waals surface area contributed by atoms with Crippen molar-refractivity contribution in [1.82, 2.24) is 5.32 Å². The molecule has 1 fully saturated rings. The molecule has 2 aromatic carbocycles. The zero-order valence-corrected chi connectivity index (χ0v) is 13.7. The Hall–Kier alpha value is -1.05. The maximum atomic E-state index is 6.37. The fraction of sp³-hybridized carbons (Fsp3) is 0.474. The highest BCUT2D eigenvalue weighted by atomic mass is 35.5. The first-order valence-corrected chi connectivity index (χ1v) is 8.50. The van der Waals surface area contributed by atoms with E-state index in [0.717, 1.165) is 17.5 Å². The van der Waals surface area contributed by atoms with Crippen molar-refractivity contribution >= 4 is 22.4 Å². The second-order valence-corrected chi connectivity index (χ2v) is 6.72. The lowest BCUT2D eigenvalue weighted by Crippen LogP contribution is -2.29. The number of hydrogen-bond acceptors (Lipinski definition) is 1. The smallest absolute Gasteiger partial charge is 0.0484 e. The van der Waals surface area contributed by atoms with E-state index in [4.69, 9.17) is 11.6 Å². The zero-order chi connectivity index (χ0) is 14.8. The average Bonchev–Trinajstić information content (AvgIpc) is 3.34. The molecular formula is C19H24ClN. The Morgan fingerprint density at radius 2 is 1.86 bits per heavy atom. The van der Waals surface area contributed by atoms with Crippen molar-refractivity contribution in [3.63, 3.8) is 0 Å². The molecule has 21 heavy (non-hydrogen) atoms. The van der Waals surface area contributed by atoms with E-state index in [1.807, 2.05) is 0 Å². The van der Waals surface area contributed by atoms with Crippen LogP contribution in [0, 0.1) is 11.8 Å². The van der Waals surface area contributed by atoms with Gasteiger partial charge in [-0.15, -0.1) is 0 Å². The molecule has 0 aromatic heterocycles. The third-order valence-corrected chi connectivity index (χ3v) is 5.07. The maximum Gasteiger partial charge on any atom is 0.0484 e. The number of hydrogen-bond donors (Lipinski definition) is 1. The summed E-state index contributed by atoms with van der Waals surface area (Å²) in [6.45, 7) is 5.69. The Balaban J connectivity index is 2.03. The first-order chi connectivity index (χ1) is 10.2. The normalized spacial score (nSPS) is 17.9. The second kappa shape index (κ2) is 6.37. The largest absolute Gasteiger partial charge is 0.310 e. The SMILES string of the molecule is CCCNC(c1ccc(Cl)c2ccccc12)C(C)C1CC1. The molecule has 0 heterocycles. The molecule has 1 saturated carbocycles. The van der Waals surface area contributed by atoms with E-state index in [1.165, 1.54) is 35.6 Å². The first kappa shape index (κ1) is 14.9. The van der Waals surface area contributed by atoms with Crippen LogP contribution in [0.5, 0.6) is 0 Å². The average molecular weight is 302 g/mol. The molecule has 2 unspecified atom stereocenters. The van der Waals surface area contributed by atoms with Gasteiger partial charge < -0.3 is 5.32 Å². The van der Waals surface area contributed by atoms with E-state index in [1.54, 1.807) is 0 Å². The second-order valence-electron chi connectivity index (χ2n) is 6.31. The molecule has 0 aliphatic heterocycles. The highest BCUT2D eigenvalue weighted by Crippen LogP contribution is 2.44. The van der Waals surface area contributed by atoms with E-state index >= 15 is 0 Å². The number of benzene rings is 2. The lowest BCUT2D eigenvalue weighted by Gasteiger charge is -2.27. The Kier molecular flexibility index (Phi) is 4.51. The minimum absolute atomic E-state index is 0.430. The molecule has 112 valence electrons. The molecule has 0 saturated heterocycles. The molecular weight excluding hydrogens is 278 g/mol. The molecule has 2 aromatic rings. The van der Waals surface area contributed by atoms with Crippen LogP contribution in [0.2, 0.25) is 5.02 Å². The van der Waals surface area contributed by atoms with Crippen molar-refractivity contribution in [3.05, 3.63) is 47.0 Å². The standard InChI is InChI=1S/C19H24ClN/c1-3-12-21-19(13(2)14-8-9-14)17-10-11-18(20)16-7-5-4-6-15(16)17/h4-7,10-11,13-14,19,21H,3,8-9,12H2,1-2H3. The number of rotatable bonds is 6. The first-order valence-electron chi connectivity index (χ1n) is 8.13. The summed E-state index contributed by atoms with van der Waals surface area (Å²) in [5, 5.41) is 7.09. The van der Waals surface area contributed by atoms with Gasteiger partial charge in [0.05, 0.1) is 0 Å². The summed E-state index contributed by atoms with van der Waals surface area (Å²) in [5.41, 5.74) is 1.41. The molecule has 0 spiro atoms. The third kappa shape index (κ3) is 3.09. The summed E-state index contributed by atoms with van der Waals surface area (Å²) in [4.78, 5) is 0. The van der Waals surface area contributed by atoms with E-state index < -0.39 is 0 Å². The van der Waals surface area contributed by atoms with Crippen molar-refractivity contribution < 1.29 is 0 Å². The minimum atomic E-state index is 0.430. The van der Waals surface area contributed by atoms with Crippen LogP contribution in [0.1, 0.15) is 44.7 Å². The molecule has 1 N–H and O–H groups in total. The van der Waals surface area contributed by atoms with Crippen molar-refractivity contribution in [2.24, 2.45) is 11.8 Å². The maximum absolute atomic E-state index is 6.37. The van der Waals surface area contributed by atoms with Crippen LogP contribution in [-0.4, -0.2) is 6.54 Å². The van der Waals surface area contributed by atoms with E-state index in [2.05, 4.69) is 55.6 Å². The van der Waals surface area contributed by atoms with Crippen LogP contribution in [-0.2, 0) is 0 Å². The van der Waals surface area contributed by atoms with Gasteiger partial charge in [-0.2, -0.15) is 0 Å². The zero-order valence-electron chi connectivity index (χ0n) is 12.9. The van der Waals surface area contributed by atoms with E-state index in [0.29, 0.717) is 12.0 Å². The molecule has 0 bridgehead atoms. The lowest BCUT2D eigenvalue weighted by molar-refractivity contribution is 0.351. The van der Waals surface area contributed by atoms with Crippen LogP contribution in [0.15, 0.2) is 36.4 Å². The molecule has 0 amide bonds. The predicted molar refractivity (Wildman–Crippen MR) is 91.9 cm³/mol. The summed E-state index contributed by atoms with van der Waals surface area (Å²) < 4.78 is 0. The van der Waals surface area contributed by atoms with Crippen molar-refractivity contribution in [2.75, 3.05) is 6.54 Å². The Bertz CT molecular complexity index is 618. The van der Waals surface area contributed by atoms with Crippen LogP contribution >= 0.6 is 11.6 Å². The topological polar surface area (TPSA) is 12.0 Å². The quantitative estimate of drug-likeness (QED) is 0.734. The third-order valence-electron chi connectivity index (χ3n) is 4.75. The Labute approximate surface area is 132 Å².